The maximum Gasteiger partial charge on any atom is 0.239 e. The lowest BCUT2D eigenvalue weighted by atomic mass is 10.3. The monoisotopic (exact) mass is 287 g/mol. The van der Waals surface area contributed by atoms with Crippen molar-refractivity contribution in [2.75, 3.05) is 23.1 Å². The number of amides is 1. The van der Waals surface area contributed by atoms with E-state index in [1.54, 1.807) is 19.1 Å². The summed E-state index contributed by atoms with van der Waals surface area (Å²) in [5.41, 5.74) is 0.654. The molecule has 1 rings (SSSR count). The van der Waals surface area contributed by atoms with Gasteiger partial charge in [0.2, 0.25) is 5.91 Å². The fraction of sp³-hybridized carbons (Fsp3) is 0.417. The number of carbonyl (C=O) groups is 1. The number of hydrogen-bond donors (Lipinski definition) is 1. The number of nitrogens with one attached hydrogen (secondary N) is 1. The Morgan fingerprint density at radius 3 is 2.61 bits per heavy atom. The van der Waals surface area contributed by atoms with Gasteiger partial charge in [0.05, 0.1) is 11.4 Å². The van der Waals surface area contributed by atoms with Crippen molar-refractivity contribution in [2.45, 2.75) is 18.2 Å². The fourth-order valence-corrected chi connectivity index (χ4v) is 3.31. The van der Waals surface area contributed by atoms with E-state index in [9.17, 15) is 13.2 Å². The molecule has 0 saturated heterocycles. The zero-order valence-corrected chi connectivity index (χ0v) is 12.1. The smallest absolute Gasteiger partial charge is 0.239 e. The molecule has 0 aliphatic heterocycles. The van der Waals surface area contributed by atoms with Crippen LogP contribution in [0.4, 0.5) is 5.69 Å². The Hall–Kier alpha value is -1.01. The molecule has 1 amide bonds. The highest BCUT2D eigenvalue weighted by Gasteiger charge is 2.16. The first-order chi connectivity index (χ1) is 8.48. The molecule has 0 bridgehead atoms. The molecule has 0 atom stereocenters. The van der Waals surface area contributed by atoms with E-state index in [4.69, 9.17) is 0 Å². The summed E-state index contributed by atoms with van der Waals surface area (Å²) in [5, 5.41) is 2.64. The van der Waals surface area contributed by atoms with Crippen LogP contribution in [0.1, 0.15) is 13.3 Å². The quantitative estimate of drug-likeness (QED) is 0.815. The summed E-state index contributed by atoms with van der Waals surface area (Å²) in [6.45, 7) is 1.78. The Balaban J connectivity index is 2.71. The molecule has 0 spiro atoms. The van der Waals surface area contributed by atoms with E-state index >= 15 is 0 Å². The van der Waals surface area contributed by atoms with Gasteiger partial charge in [-0.25, -0.2) is 8.42 Å². The van der Waals surface area contributed by atoms with Crippen LogP contribution in [0, 0.1) is 0 Å². The predicted molar refractivity (Wildman–Crippen MR) is 75.8 cm³/mol. The molecule has 18 heavy (non-hydrogen) atoms. The Labute approximate surface area is 112 Å². The summed E-state index contributed by atoms with van der Waals surface area (Å²) in [7, 11) is -3.29. The summed E-state index contributed by atoms with van der Waals surface area (Å²) in [5.74, 6) is -0.890. The van der Waals surface area contributed by atoms with E-state index in [1.807, 2.05) is 18.4 Å². The first-order valence-corrected chi connectivity index (χ1v) is 8.66. The van der Waals surface area contributed by atoms with Crippen LogP contribution >= 0.6 is 11.8 Å². The van der Waals surface area contributed by atoms with Crippen LogP contribution < -0.4 is 5.32 Å². The Kier molecular flexibility index (Phi) is 5.68. The van der Waals surface area contributed by atoms with Crippen molar-refractivity contribution in [1.82, 2.24) is 0 Å². The second kappa shape index (κ2) is 6.80. The van der Waals surface area contributed by atoms with E-state index in [1.165, 1.54) is 11.8 Å². The first kappa shape index (κ1) is 15.0. The molecule has 0 aliphatic carbocycles. The van der Waals surface area contributed by atoms with Gasteiger partial charge in [-0.05, 0) is 24.8 Å². The Morgan fingerprint density at radius 1 is 1.33 bits per heavy atom. The van der Waals surface area contributed by atoms with Gasteiger partial charge in [0.15, 0.2) is 9.84 Å². The van der Waals surface area contributed by atoms with Crippen LogP contribution in [-0.2, 0) is 14.6 Å². The largest absolute Gasteiger partial charge is 0.324 e. The maximum atomic E-state index is 11.7. The van der Waals surface area contributed by atoms with Crippen LogP contribution in [0.25, 0.3) is 0 Å². The van der Waals surface area contributed by atoms with Gasteiger partial charge in [0.25, 0.3) is 0 Å². The third-order valence-electron chi connectivity index (χ3n) is 2.25. The average Bonchev–Trinajstić information content (AvgIpc) is 2.28. The molecule has 0 saturated carbocycles. The number of hydrogen-bond acceptors (Lipinski definition) is 4. The van der Waals surface area contributed by atoms with Gasteiger partial charge in [-0.2, -0.15) is 0 Å². The van der Waals surface area contributed by atoms with E-state index < -0.39 is 21.5 Å². The van der Waals surface area contributed by atoms with Gasteiger partial charge in [0.1, 0.15) is 5.75 Å². The molecule has 0 aromatic heterocycles. The number of benzene rings is 1. The SMILES string of the molecule is CCCS(=O)(=O)CC(=O)Nc1ccccc1SC. The lowest BCUT2D eigenvalue weighted by Crippen LogP contribution is -2.24. The molecule has 0 unspecified atom stereocenters. The van der Waals surface area contributed by atoms with E-state index in [2.05, 4.69) is 5.32 Å². The lowest BCUT2D eigenvalue weighted by Gasteiger charge is -2.09. The molecule has 6 heteroatoms. The highest BCUT2D eigenvalue weighted by molar-refractivity contribution is 7.98. The van der Waals surface area contributed by atoms with Crippen molar-refractivity contribution in [3.8, 4) is 0 Å². The first-order valence-electron chi connectivity index (χ1n) is 5.62. The second-order valence-electron chi connectivity index (χ2n) is 3.84. The van der Waals surface area contributed by atoms with E-state index in [0.717, 1.165) is 4.90 Å². The highest BCUT2D eigenvalue weighted by Crippen LogP contribution is 2.24. The minimum atomic E-state index is -3.29. The van der Waals surface area contributed by atoms with Crippen LogP contribution in [0.3, 0.4) is 0 Å². The zero-order chi connectivity index (χ0) is 13.6. The van der Waals surface area contributed by atoms with Gasteiger partial charge in [-0.15, -0.1) is 11.8 Å². The summed E-state index contributed by atoms with van der Waals surface area (Å²) < 4.78 is 23.0. The predicted octanol–water partition coefficient (Wildman–Crippen LogP) is 2.17. The molecular formula is C12H17NO3S2. The zero-order valence-electron chi connectivity index (χ0n) is 10.5. The topological polar surface area (TPSA) is 63.2 Å². The number of carbonyl (C=O) groups excluding carboxylic acids is 1. The van der Waals surface area contributed by atoms with Gasteiger partial charge >= 0.3 is 0 Å². The van der Waals surface area contributed by atoms with Crippen LogP contribution in [-0.4, -0.2) is 32.1 Å². The fourth-order valence-electron chi connectivity index (χ4n) is 1.52. The van der Waals surface area contributed by atoms with Crippen molar-refractivity contribution < 1.29 is 13.2 Å². The van der Waals surface area contributed by atoms with Crippen molar-refractivity contribution >= 4 is 33.2 Å². The molecule has 1 N–H and O–H groups in total. The summed E-state index contributed by atoms with van der Waals surface area (Å²) >= 11 is 1.50. The summed E-state index contributed by atoms with van der Waals surface area (Å²) in [6, 6.07) is 7.31. The van der Waals surface area contributed by atoms with Crippen LogP contribution in [0.2, 0.25) is 0 Å². The molecule has 1 aromatic carbocycles. The minimum absolute atomic E-state index is 0.0462. The highest BCUT2D eigenvalue weighted by atomic mass is 32.2. The van der Waals surface area contributed by atoms with Crippen molar-refractivity contribution in [2.24, 2.45) is 0 Å². The molecule has 0 heterocycles. The third-order valence-corrected chi connectivity index (χ3v) is 4.78. The summed E-state index contributed by atoms with van der Waals surface area (Å²) in [6.07, 6.45) is 2.43. The van der Waals surface area contributed by atoms with Gasteiger partial charge in [0, 0.05) is 4.90 Å². The number of anilines is 1. The maximum absolute atomic E-state index is 11.7. The van der Waals surface area contributed by atoms with Gasteiger partial charge < -0.3 is 5.32 Å². The van der Waals surface area contributed by atoms with Crippen LogP contribution in [0.15, 0.2) is 29.2 Å². The normalized spacial score (nSPS) is 11.2. The number of para-hydroxylation sites is 1. The molecule has 1 aromatic rings. The molecule has 100 valence electrons. The Bertz CT molecular complexity index is 512. The average molecular weight is 287 g/mol. The lowest BCUT2D eigenvalue weighted by molar-refractivity contribution is -0.113. The minimum Gasteiger partial charge on any atom is -0.324 e. The second-order valence-corrected chi connectivity index (χ2v) is 6.87. The molecule has 0 radical (unpaired) electrons. The number of sulfone groups is 1. The third kappa shape index (κ3) is 4.70. The summed E-state index contributed by atoms with van der Waals surface area (Å²) in [4.78, 5) is 12.6. The number of thioether (sulfide) groups is 1. The van der Waals surface area contributed by atoms with Gasteiger partial charge in [-0.1, -0.05) is 19.1 Å². The van der Waals surface area contributed by atoms with E-state index in [0.29, 0.717) is 12.1 Å². The number of rotatable bonds is 6. The molecule has 0 fully saturated rings. The van der Waals surface area contributed by atoms with Crippen LogP contribution in [0.5, 0.6) is 0 Å². The molecule has 0 aliphatic rings. The van der Waals surface area contributed by atoms with Crippen molar-refractivity contribution in [3.63, 3.8) is 0 Å². The van der Waals surface area contributed by atoms with Crippen molar-refractivity contribution in [3.05, 3.63) is 24.3 Å². The van der Waals surface area contributed by atoms with E-state index in [-0.39, 0.29) is 5.75 Å². The Morgan fingerprint density at radius 2 is 2.00 bits per heavy atom. The van der Waals surface area contributed by atoms with Gasteiger partial charge in [-0.3, -0.25) is 4.79 Å². The molecular weight excluding hydrogens is 270 g/mol. The standard InChI is InChI=1S/C12H17NO3S2/c1-3-8-18(15,16)9-12(14)13-10-6-4-5-7-11(10)17-2/h4-7H,3,8-9H2,1-2H3,(H,13,14). The van der Waals surface area contributed by atoms with Crippen molar-refractivity contribution in [1.29, 1.82) is 0 Å². The molecule has 4 nitrogen and oxygen atoms in total.